The number of hydrogen-bond acceptors (Lipinski definition) is 4. The van der Waals surface area contributed by atoms with Crippen LogP contribution in [-0.4, -0.2) is 15.0 Å². The minimum Gasteiger partial charge on any atom is -0.487 e. The molecule has 0 fully saturated rings. The van der Waals surface area contributed by atoms with Gasteiger partial charge in [-0.3, -0.25) is 0 Å². The number of ether oxygens (including phenoxy) is 1. The molecule has 0 saturated carbocycles. The maximum atomic E-state index is 5.87. The van der Waals surface area contributed by atoms with Crippen LogP contribution < -0.4 is 10.5 Å². The zero-order valence-electron chi connectivity index (χ0n) is 12.3. The molecule has 2 rings (SSSR count). The predicted molar refractivity (Wildman–Crippen MR) is 78.5 cm³/mol. The van der Waals surface area contributed by atoms with Crippen molar-refractivity contribution < 1.29 is 4.74 Å². The van der Waals surface area contributed by atoms with Gasteiger partial charge in [-0.05, 0) is 38.0 Å². The molecule has 20 heavy (non-hydrogen) atoms. The van der Waals surface area contributed by atoms with Gasteiger partial charge >= 0.3 is 0 Å². The molecule has 108 valence electrons. The van der Waals surface area contributed by atoms with Crippen molar-refractivity contribution in [3.05, 3.63) is 41.2 Å². The number of benzene rings is 1. The molecule has 0 amide bonds. The molecule has 1 aromatic heterocycles. The van der Waals surface area contributed by atoms with E-state index < -0.39 is 0 Å². The van der Waals surface area contributed by atoms with E-state index in [0.29, 0.717) is 13.2 Å². The van der Waals surface area contributed by atoms with E-state index in [1.54, 1.807) is 0 Å². The minimum absolute atomic E-state index is 0.239. The van der Waals surface area contributed by atoms with E-state index in [2.05, 4.69) is 43.2 Å². The highest BCUT2D eigenvalue weighted by Crippen LogP contribution is 2.18. The van der Waals surface area contributed by atoms with Gasteiger partial charge in [-0.2, -0.15) is 0 Å². The van der Waals surface area contributed by atoms with Gasteiger partial charge in [-0.15, -0.1) is 5.10 Å². The number of aryl methyl sites for hydroxylation is 1. The Morgan fingerprint density at radius 1 is 1.35 bits per heavy atom. The van der Waals surface area contributed by atoms with Gasteiger partial charge in [0.15, 0.2) is 0 Å². The van der Waals surface area contributed by atoms with Gasteiger partial charge in [0.05, 0.1) is 0 Å². The minimum atomic E-state index is 0.239. The fraction of sp³-hybridized carbons (Fsp3) is 0.467. The Bertz CT molecular complexity index is 563. The van der Waals surface area contributed by atoms with Gasteiger partial charge in [0, 0.05) is 12.6 Å². The zero-order chi connectivity index (χ0) is 14.5. The molecule has 2 N–H and O–H groups in total. The predicted octanol–water partition coefficient (Wildman–Crippen LogP) is 2.46. The average molecular weight is 274 g/mol. The van der Waals surface area contributed by atoms with Gasteiger partial charge in [-0.1, -0.05) is 24.3 Å². The molecule has 1 aromatic carbocycles. The Balaban J connectivity index is 2.15. The Morgan fingerprint density at radius 3 is 2.80 bits per heavy atom. The summed E-state index contributed by atoms with van der Waals surface area (Å²) in [5, 5.41) is 8.25. The van der Waals surface area contributed by atoms with Gasteiger partial charge in [-0.25, -0.2) is 4.68 Å². The molecule has 0 aliphatic carbocycles. The first-order valence-corrected chi connectivity index (χ1v) is 7.00. The van der Waals surface area contributed by atoms with Crippen LogP contribution in [0.3, 0.4) is 0 Å². The number of nitrogens with zero attached hydrogens (tertiary/aromatic N) is 3. The third-order valence-corrected chi connectivity index (χ3v) is 3.24. The highest BCUT2D eigenvalue weighted by molar-refractivity contribution is 5.28. The van der Waals surface area contributed by atoms with Gasteiger partial charge in [0.2, 0.25) is 0 Å². The normalized spacial score (nSPS) is 11.1. The second-order valence-electron chi connectivity index (χ2n) is 5.01. The summed E-state index contributed by atoms with van der Waals surface area (Å²) in [5.74, 6) is 0.865. The van der Waals surface area contributed by atoms with E-state index in [0.717, 1.165) is 23.6 Å². The number of aromatic nitrogens is 3. The van der Waals surface area contributed by atoms with Crippen LogP contribution in [0.2, 0.25) is 0 Å². The second kappa shape index (κ2) is 6.52. The Hall–Kier alpha value is -1.88. The summed E-state index contributed by atoms with van der Waals surface area (Å²) in [5.41, 5.74) is 8.71. The molecule has 0 atom stereocenters. The maximum absolute atomic E-state index is 5.87. The van der Waals surface area contributed by atoms with Gasteiger partial charge < -0.3 is 10.5 Å². The summed E-state index contributed by atoms with van der Waals surface area (Å²) in [6, 6.07) is 8.37. The van der Waals surface area contributed by atoms with E-state index in [4.69, 9.17) is 10.5 Å². The zero-order valence-corrected chi connectivity index (χ0v) is 12.3. The molecular weight excluding hydrogens is 252 g/mol. The molecule has 0 aliphatic heterocycles. The van der Waals surface area contributed by atoms with Crippen molar-refractivity contribution in [3.8, 4) is 5.75 Å². The van der Waals surface area contributed by atoms with Crippen LogP contribution >= 0.6 is 0 Å². The molecule has 5 heteroatoms. The summed E-state index contributed by atoms with van der Waals surface area (Å²) in [4.78, 5) is 0. The van der Waals surface area contributed by atoms with Crippen LogP contribution in [0.15, 0.2) is 24.3 Å². The first-order chi connectivity index (χ1) is 9.65. The smallest absolute Gasteiger partial charge is 0.132 e. The van der Waals surface area contributed by atoms with Crippen LogP contribution in [0, 0.1) is 0 Å². The maximum Gasteiger partial charge on any atom is 0.132 e. The fourth-order valence-electron chi connectivity index (χ4n) is 2.08. The lowest BCUT2D eigenvalue weighted by molar-refractivity contribution is 0.286. The summed E-state index contributed by atoms with van der Waals surface area (Å²) >= 11 is 0. The molecular formula is C15H22N4O. The Labute approximate surface area is 119 Å². The lowest BCUT2D eigenvalue weighted by Crippen LogP contribution is -2.12. The lowest BCUT2D eigenvalue weighted by Gasteiger charge is -2.12. The monoisotopic (exact) mass is 274 g/mol. The van der Waals surface area contributed by atoms with Crippen LogP contribution in [0.5, 0.6) is 5.75 Å². The van der Waals surface area contributed by atoms with E-state index in [1.165, 1.54) is 5.56 Å². The quantitative estimate of drug-likeness (QED) is 0.878. The standard InChI is InChI=1S/C15H22N4O/c1-4-12-6-5-7-13(8-12)20-10-15-14(9-16)17-18-19(15)11(2)3/h5-8,11H,4,9-10,16H2,1-3H3. The average Bonchev–Trinajstić information content (AvgIpc) is 2.88. The summed E-state index contributed by atoms with van der Waals surface area (Å²) < 4.78 is 7.74. The summed E-state index contributed by atoms with van der Waals surface area (Å²) in [6.07, 6.45) is 0.997. The van der Waals surface area contributed by atoms with Crippen molar-refractivity contribution in [1.82, 2.24) is 15.0 Å². The number of rotatable bonds is 6. The Morgan fingerprint density at radius 2 is 2.15 bits per heavy atom. The van der Waals surface area contributed by atoms with Crippen molar-refractivity contribution in [3.63, 3.8) is 0 Å². The van der Waals surface area contributed by atoms with Crippen molar-refractivity contribution in [2.75, 3.05) is 0 Å². The summed E-state index contributed by atoms with van der Waals surface area (Å²) in [7, 11) is 0. The van der Waals surface area contributed by atoms with Gasteiger partial charge in [0.25, 0.3) is 0 Å². The molecule has 5 nitrogen and oxygen atoms in total. The number of hydrogen-bond donors (Lipinski definition) is 1. The molecule has 0 bridgehead atoms. The fourth-order valence-corrected chi connectivity index (χ4v) is 2.08. The van der Waals surface area contributed by atoms with Crippen molar-refractivity contribution >= 4 is 0 Å². The molecule has 2 aromatic rings. The van der Waals surface area contributed by atoms with E-state index >= 15 is 0 Å². The van der Waals surface area contributed by atoms with Crippen LogP contribution in [-0.2, 0) is 19.6 Å². The molecule has 0 spiro atoms. The van der Waals surface area contributed by atoms with Crippen molar-refractivity contribution in [1.29, 1.82) is 0 Å². The SMILES string of the molecule is CCc1cccc(OCc2c(CN)nnn2C(C)C)c1. The third-order valence-electron chi connectivity index (χ3n) is 3.24. The second-order valence-corrected chi connectivity index (χ2v) is 5.01. The molecule has 0 unspecified atom stereocenters. The van der Waals surface area contributed by atoms with Crippen molar-refractivity contribution in [2.24, 2.45) is 5.73 Å². The van der Waals surface area contributed by atoms with Crippen molar-refractivity contribution in [2.45, 2.75) is 46.4 Å². The largest absolute Gasteiger partial charge is 0.487 e. The van der Waals surface area contributed by atoms with E-state index in [9.17, 15) is 0 Å². The third kappa shape index (κ3) is 3.17. The topological polar surface area (TPSA) is 66.0 Å². The van der Waals surface area contributed by atoms with Crippen LogP contribution in [0.25, 0.3) is 0 Å². The van der Waals surface area contributed by atoms with Crippen LogP contribution in [0.1, 0.15) is 43.8 Å². The lowest BCUT2D eigenvalue weighted by atomic mass is 10.2. The number of nitrogens with two attached hydrogens (primary N) is 1. The first kappa shape index (κ1) is 14.5. The molecule has 0 aliphatic rings. The first-order valence-electron chi connectivity index (χ1n) is 7.00. The van der Waals surface area contributed by atoms with E-state index in [-0.39, 0.29) is 6.04 Å². The van der Waals surface area contributed by atoms with Crippen LogP contribution in [0.4, 0.5) is 0 Å². The highest BCUT2D eigenvalue weighted by Gasteiger charge is 2.14. The molecule has 0 saturated heterocycles. The van der Waals surface area contributed by atoms with E-state index in [1.807, 2.05) is 16.8 Å². The Kier molecular flexibility index (Phi) is 4.74. The highest BCUT2D eigenvalue weighted by atomic mass is 16.5. The molecule has 1 heterocycles. The van der Waals surface area contributed by atoms with Gasteiger partial charge in [0.1, 0.15) is 23.7 Å². The summed E-state index contributed by atoms with van der Waals surface area (Å²) in [6.45, 7) is 7.07. The molecule has 0 radical (unpaired) electrons.